The Balaban J connectivity index is 1.18. The highest BCUT2D eigenvalue weighted by Crippen LogP contribution is 2.19. The van der Waals surface area contributed by atoms with Crippen molar-refractivity contribution in [3.63, 3.8) is 0 Å². The Morgan fingerprint density at radius 1 is 0.757 bits per heavy atom. The quantitative estimate of drug-likeness (QED) is 0.141. The molecule has 0 unspecified atom stereocenters. The van der Waals surface area contributed by atoms with Crippen LogP contribution in [0, 0.1) is 5.82 Å². The fourth-order valence-electron chi connectivity index (χ4n) is 3.14. The van der Waals surface area contributed by atoms with Crippen molar-refractivity contribution in [2.24, 2.45) is 5.10 Å². The molecule has 4 aromatic carbocycles. The largest absolute Gasteiger partial charge is 0.489 e. The highest BCUT2D eigenvalue weighted by molar-refractivity contribution is 5.91. The molecule has 0 atom stereocenters. The number of hydrogen-bond donors (Lipinski definition) is 1. The second-order valence-corrected chi connectivity index (χ2v) is 7.77. The topological polar surface area (TPSA) is 86.2 Å². The average molecular weight is 499 g/mol. The summed E-state index contributed by atoms with van der Waals surface area (Å²) >= 11 is 0. The van der Waals surface area contributed by atoms with Crippen LogP contribution >= 0.6 is 0 Å². The first-order valence-electron chi connectivity index (χ1n) is 11.3. The summed E-state index contributed by atoms with van der Waals surface area (Å²) in [4.78, 5) is 24.1. The molecule has 0 saturated carbocycles. The molecule has 37 heavy (non-hydrogen) atoms. The van der Waals surface area contributed by atoms with Gasteiger partial charge in [-0.05, 0) is 71.8 Å². The van der Waals surface area contributed by atoms with Gasteiger partial charge >= 0.3 is 5.97 Å². The lowest BCUT2D eigenvalue weighted by molar-refractivity contribution is -0.123. The van der Waals surface area contributed by atoms with Crippen LogP contribution < -0.4 is 19.6 Å². The van der Waals surface area contributed by atoms with Gasteiger partial charge in [-0.3, -0.25) is 4.79 Å². The number of esters is 1. The average Bonchev–Trinajstić information content (AvgIpc) is 2.93. The molecule has 7 nitrogen and oxygen atoms in total. The van der Waals surface area contributed by atoms with Crippen molar-refractivity contribution in [2.45, 2.75) is 6.61 Å². The Morgan fingerprint density at radius 2 is 1.38 bits per heavy atom. The summed E-state index contributed by atoms with van der Waals surface area (Å²) in [6.45, 7) is 0.246. The Morgan fingerprint density at radius 3 is 2.08 bits per heavy atom. The number of carbonyl (C=O) groups is 2. The number of benzene rings is 4. The van der Waals surface area contributed by atoms with Crippen LogP contribution in [0.1, 0.15) is 21.5 Å². The number of nitrogens with zero attached hydrogens (tertiary/aromatic N) is 1. The number of hydrogen-bond acceptors (Lipinski definition) is 6. The Kier molecular flexibility index (Phi) is 8.59. The molecule has 0 bridgehead atoms. The van der Waals surface area contributed by atoms with E-state index in [4.69, 9.17) is 14.2 Å². The number of nitrogens with one attached hydrogen (secondary N) is 1. The summed E-state index contributed by atoms with van der Waals surface area (Å²) in [5.74, 6) is -0.414. The molecule has 0 aromatic heterocycles. The van der Waals surface area contributed by atoms with Crippen molar-refractivity contribution in [3.8, 4) is 17.2 Å². The Bertz CT molecular complexity index is 1360. The van der Waals surface area contributed by atoms with Crippen LogP contribution in [0.2, 0.25) is 0 Å². The van der Waals surface area contributed by atoms with Gasteiger partial charge in [0.05, 0.1) is 11.8 Å². The van der Waals surface area contributed by atoms with Crippen molar-refractivity contribution >= 4 is 18.1 Å². The van der Waals surface area contributed by atoms with Crippen LogP contribution in [0.15, 0.2) is 108 Å². The molecule has 0 heterocycles. The molecule has 186 valence electrons. The van der Waals surface area contributed by atoms with E-state index in [1.165, 1.54) is 36.5 Å². The van der Waals surface area contributed by atoms with Gasteiger partial charge in [0, 0.05) is 0 Å². The van der Waals surface area contributed by atoms with Crippen molar-refractivity contribution < 1.29 is 28.2 Å². The van der Waals surface area contributed by atoms with Crippen molar-refractivity contribution in [1.29, 1.82) is 0 Å². The molecule has 0 aliphatic heterocycles. The van der Waals surface area contributed by atoms with Gasteiger partial charge in [-0.2, -0.15) is 5.10 Å². The Hall–Kier alpha value is -4.98. The molecular formula is C29H23FN2O5. The van der Waals surface area contributed by atoms with E-state index in [0.717, 1.165) is 5.56 Å². The lowest BCUT2D eigenvalue weighted by Crippen LogP contribution is -2.24. The van der Waals surface area contributed by atoms with Crippen molar-refractivity contribution in [3.05, 3.63) is 126 Å². The third-order valence-corrected chi connectivity index (χ3v) is 5.03. The second-order valence-electron chi connectivity index (χ2n) is 7.77. The lowest BCUT2D eigenvalue weighted by atomic mass is 10.2. The molecule has 8 heteroatoms. The minimum Gasteiger partial charge on any atom is -0.489 e. The zero-order valence-corrected chi connectivity index (χ0v) is 19.7. The minimum absolute atomic E-state index is 0.148. The van der Waals surface area contributed by atoms with E-state index < -0.39 is 17.7 Å². The fraction of sp³-hybridized carbons (Fsp3) is 0.0690. The summed E-state index contributed by atoms with van der Waals surface area (Å²) < 4.78 is 30.1. The van der Waals surface area contributed by atoms with Gasteiger partial charge in [-0.15, -0.1) is 0 Å². The van der Waals surface area contributed by atoms with E-state index in [9.17, 15) is 14.0 Å². The molecule has 4 aromatic rings. The van der Waals surface area contributed by atoms with Gasteiger partial charge in [0.15, 0.2) is 6.61 Å². The SMILES string of the molecule is O=C(COc1ccc(OCc2ccccc2)cc1)N/N=C\c1ccc(OC(=O)c2ccccc2F)cc1. The summed E-state index contributed by atoms with van der Waals surface area (Å²) in [6, 6.07) is 28.7. The maximum absolute atomic E-state index is 13.7. The van der Waals surface area contributed by atoms with Gasteiger partial charge in [0.1, 0.15) is 29.7 Å². The summed E-state index contributed by atoms with van der Waals surface area (Å²) in [5, 5.41) is 3.89. The standard InChI is InChI=1S/C29H23FN2O5/c30-27-9-5-4-8-26(27)29(34)37-25-12-10-21(11-13-25)18-31-32-28(33)20-36-24-16-14-23(15-17-24)35-19-22-6-2-1-3-7-22/h1-18H,19-20H2,(H,32,33)/b31-18-. The Labute approximate surface area is 213 Å². The summed E-state index contributed by atoms with van der Waals surface area (Å²) in [6.07, 6.45) is 1.43. The lowest BCUT2D eigenvalue weighted by Gasteiger charge is -2.08. The third-order valence-electron chi connectivity index (χ3n) is 5.03. The molecule has 0 radical (unpaired) electrons. The molecule has 0 aliphatic rings. The minimum atomic E-state index is -0.791. The molecule has 1 N–H and O–H groups in total. The van der Waals surface area contributed by atoms with E-state index >= 15 is 0 Å². The predicted molar refractivity (Wildman–Crippen MR) is 136 cm³/mol. The zero-order valence-electron chi connectivity index (χ0n) is 19.7. The van der Waals surface area contributed by atoms with Gasteiger partial charge in [-0.1, -0.05) is 42.5 Å². The fourth-order valence-corrected chi connectivity index (χ4v) is 3.14. The van der Waals surface area contributed by atoms with E-state index in [2.05, 4.69) is 10.5 Å². The first kappa shape index (κ1) is 25.1. The van der Waals surface area contributed by atoms with Gasteiger partial charge in [-0.25, -0.2) is 14.6 Å². The van der Waals surface area contributed by atoms with E-state index in [1.807, 2.05) is 30.3 Å². The summed E-state index contributed by atoms with van der Waals surface area (Å²) in [5.41, 5.74) is 3.95. The molecule has 0 saturated heterocycles. The second kappa shape index (κ2) is 12.6. The van der Waals surface area contributed by atoms with Crippen LogP contribution in [0.4, 0.5) is 4.39 Å². The number of rotatable bonds is 10. The number of amides is 1. The number of hydrazone groups is 1. The monoisotopic (exact) mass is 498 g/mol. The van der Waals surface area contributed by atoms with Crippen LogP contribution in [-0.2, 0) is 11.4 Å². The molecule has 4 rings (SSSR count). The first-order valence-corrected chi connectivity index (χ1v) is 11.3. The van der Waals surface area contributed by atoms with Crippen LogP contribution in [-0.4, -0.2) is 24.7 Å². The molecule has 0 fully saturated rings. The number of ether oxygens (including phenoxy) is 3. The highest BCUT2D eigenvalue weighted by atomic mass is 19.1. The normalized spacial score (nSPS) is 10.6. The van der Waals surface area contributed by atoms with Crippen molar-refractivity contribution in [2.75, 3.05) is 6.61 Å². The summed E-state index contributed by atoms with van der Waals surface area (Å²) in [7, 11) is 0. The van der Waals surface area contributed by atoms with Crippen LogP contribution in [0.25, 0.3) is 0 Å². The zero-order chi connectivity index (χ0) is 25.9. The highest BCUT2D eigenvalue weighted by Gasteiger charge is 2.13. The van der Waals surface area contributed by atoms with E-state index in [-0.39, 0.29) is 17.9 Å². The van der Waals surface area contributed by atoms with Gasteiger partial charge < -0.3 is 14.2 Å². The van der Waals surface area contributed by atoms with Crippen LogP contribution in [0.3, 0.4) is 0 Å². The van der Waals surface area contributed by atoms with E-state index in [1.54, 1.807) is 42.5 Å². The van der Waals surface area contributed by atoms with Gasteiger partial charge in [0.25, 0.3) is 5.91 Å². The maximum atomic E-state index is 13.7. The van der Waals surface area contributed by atoms with Crippen LogP contribution in [0.5, 0.6) is 17.2 Å². The van der Waals surface area contributed by atoms with Crippen molar-refractivity contribution in [1.82, 2.24) is 5.43 Å². The molecular weight excluding hydrogens is 475 g/mol. The molecule has 0 aliphatic carbocycles. The molecule has 0 spiro atoms. The van der Waals surface area contributed by atoms with E-state index in [0.29, 0.717) is 23.7 Å². The van der Waals surface area contributed by atoms with Gasteiger partial charge in [0.2, 0.25) is 0 Å². The number of carbonyl (C=O) groups excluding carboxylic acids is 2. The third kappa shape index (κ3) is 7.76. The smallest absolute Gasteiger partial charge is 0.346 e. The first-order chi connectivity index (χ1) is 18.1. The number of halogens is 1. The maximum Gasteiger partial charge on any atom is 0.346 e. The predicted octanol–water partition coefficient (Wildman–Crippen LogP) is 5.15. The molecule has 1 amide bonds.